The Balaban J connectivity index is 1.87. The normalized spacial score (nSPS) is 20.3. The molecular formula is C32H47N9O6S. The third-order valence-corrected chi connectivity index (χ3v) is 8.74. The summed E-state index contributed by atoms with van der Waals surface area (Å²) in [7, 11) is 0. The summed E-state index contributed by atoms with van der Waals surface area (Å²) in [5, 5.41) is 24.0. The van der Waals surface area contributed by atoms with E-state index >= 15 is 0 Å². The number of benzene rings is 1. The van der Waals surface area contributed by atoms with Crippen LogP contribution in [0.4, 0.5) is 0 Å². The van der Waals surface area contributed by atoms with Crippen LogP contribution in [0.15, 0.2) is 24.3 Å². The fourth-order valence-electron chi connectivity index (χ4n) is 5.29. The molecule has 2 aromatic rings. The number of amides is 5. The summed E-state index contributed by atoms with van der Waals surface area (Å²) in [6, 6.07) is 3.13. The van der Waals surface area contributed by atoms with E-state index in [0.29, 0.717) is 37.7 Å². The summed E-state index contributed by atoms with van der Waals surface area (Å²) >= 11 is 1.20. The number of nitrogens with zero attached hydrogens (tertiary/aromatic N) is 1. The highest BCUT2D eigenvalue weighted by molar-refractivity contribution is 7.20. The van der Waals surface area contributed by atoms with Crippen LogP contribution in [0.1, 0.15) is 81.9 Å². The van der Waals surface area contributed by atoms with Gasteiger partial charge in [-0.25, -0.2) is 4.98 Å². The molecule has 9 N–H and O–H groups in total. The maximum absolute atomic E-state index is 13.8. The monoisotopic (exact) mass is 685 g/mol. The largest absolute Gasteiger partial charge is 0.370 e. The molecule has 1 fully saturated rings. The molecule has 1 saturated heterocycles. The van der Waals surface area contributed by atoms with Crippen LogP contribution in [0.3, 0.4) is 0 Å². The third kappa shape index (κ3) is 12.2. The van der Waals surface area contributed by atoms with Gasteiger partial charge in [0, 0.05) is 26.4 Å². The number of carbonyl (C=O) groups excluding carboxylic acids is 6. The van der Waals surface area contributed by atoms with Gasteiger partial charge in [0.15, 0.2) is 11.0 Å². The van der Waals surface area contributed by atoms with Crippen molar-refractivity contribution in [3.05, 3.63) is 29.3 Å². The molecule has 0 saturated carbocycles. The first kappa shape index (κ1) is 37.9. The van der Waals surface area contributed by atoms with Crippen molar-refractivity contribution in [3.8, 4) is 0 Å². The van der Waals surface area contributed by atoms with Gasteiger partial charge in [0.25, 0.3) is 0 Å². The van der Waals surface area contributed by atoms with Crippen LogP contribution in [-0.2, 0) is 24.0 Å². The maximum atomic E-state index is 13.8. The number of nitrogens with one attached hydrogen (secondary N) is 7. The first-order valence-corrected chi connectivity index (χ1v) is 17.1. The molecule has 4 atom stereocenters. The van der Waals surface area contributed by atoms with Gasteiger partial charge in [0.05, 0.1) is 16.3 Å². The fraction of sp³-hybridized carbons (Fsp3) is 0.562. The lowest BCUT2D eigenvalue weighted by atomic mass is 10.0. The van der Waals surface area contributed by atoms with E-state index in [1.165, 1.54) is 18.3 Å². The molecule has 16 heteroatoms. The number of para-hydroxylation sites is 1. The first-order chi connectivity index (χ1) is 22.8. The fourth-order valence-corrected chi connectivity index (χ4v) is 6.25. The van der Waals surface area contributed by atoms with E-state index in [4.69, 9.17) is 11.1 Å². The van der Waals surface area contributed by atoms with Gasteiger partial charge >= 0.3 is 0 Å². The van der Waals surface area contributed by atoms with E-state index in [1.54, 1.807) is 6.07 Å². The minimum absolute atomic E-state index is 0.0140. The van der Waals surface area contributed by atoms with E-state index in [-0.39, 0.29) is 55.0 Å². The van der Waals surface area contributed by atoms with Crippen LogP contribution in [0, 0.1) is 11.3 Å². The molecule has 2 heterocycles. The molecule has 0 bridgehead atoms. The molecule has 5 amide bonds. The Hall–Kier alpha value is -4.60. The maximum Gasteiger partial charge on any atom is 0.243 e. The molecule has 1 aliphatic heterocycles. The molecule has 15 nitrogen and oxygen atoms in total. The highest BCUT2D eigenvalue weighted by Gasteiger charge is 2.32. The summed E-state index contributed by atoms with van der Waals surface area (Å²) in [6.45, 7) is 5.69. The average Bonchev–Trinajstić information content (AvgIpc) is 3.46. The number of fused-ring (bicyclic) bond motifs is 1. The number of rotatable bonds is 11. The van der Waals surface area contributed by atoms with E-state index in [9.17, 15) is 28.8 Å². The summed E-state index contributed by atoms with van der Waals surface area (Å²) in [4.78, 5) is 83.5. The highest BCUT2D eigenvalue weighted by Crippen LogP contribution is 2.23. The lowest BCUT2D eigenvalue weighted by Crippen LogP contribution is -2.58. The van der Waals surface area contributed by atoms with Crippen molar-refractivity contribution in [1.29, 1.82) is 5.41 Å². The summed E-state index contributed by atoms with van der Waals surface area (Å²) in [6.07, 6.45) is 2.07. The Morgan fingerprint density at radius 3 is 2.52 bits per heavy atom. The van der Waals surface area contributed by atoms with E-state index < -0.39 is 53.6 Å². The van der Waals surface area contributed by atoms with E-state index in [0.717, 1.165) is 4.70 Å². The van der Waals surface area contributed by atoms with Crippen LogP contribution in [-0.4, -0.2) is 83.5 Å². The van der Waals surface area contributed by atoms with Crippen molar-refractivity contribution >= 4 is 62.8 Å². The Bertz CT molecular complexity index is 1450. The van der Waals surface area contributed by atoms with Gasteiger partial charge in [-0.15, -0.1) is 11.3 Å². The Morgan fingerprint density at radius 1 is 1.08 bits per heavy atom. The Kier molecular flexibility index (Phi) is 14.7. The molecule has 262 valence electrons. The number of aromatic nitrogens is 1. The van der Waals surface area contributed by atoms with Gasteiger partial charge in [-0.3, -0.25) is 34.2 Å². The predicted octanol–water partition coefficient (Wildman–Crippen LogP) is 0.828. The van der Waals surface area contributed by atoms with Gasteiger partial charge < -0.3 is 37.6 Å². The van der Waals surface area contributed by atoms with Crippen LogP contribution in [0.2, 0.25) is 0 Å². The average molecular weight is 686 g/mol. The van der Waals surface area contributed by atoms with Gasteiger partial charge in [-0.2, -0.15) is 0 Å². The van der Waals surface area contributed by atoms with Crippen LogP contribution < -0.4 is 37.6 Å². The molecule has 1 aromatic heterocycles. The van der Waals surface area contributed by atoms with Crippen molar-refractivity contribution in [2.45, 2.75) is 96.3 Å². The second-order valence-corrected chi connectivity index (χ2v) is 13.3. The minimum Gasteiger partial charge on any atom is -0.370 e. The van der Waals surface area contributed by atoms with Crippen LogP contribution in [0.25, 0.3) is 10.2 Å². The molecular weight excluding hydrogens is 638 g/mol. The molecule has 0 unspecified atom stereocenters. The lowest BCUT2D eigenvalue weighted by molar-refractivity contribution is -0.134. The number of guanidine groups is 1. The molecule has 0 aliphatic carbocycles. The standard InChI is InChI=1S/C32H47N9O6S/c1-18(2)17-24-30(47)39-23(13-14-26(43)35-15-7-6-10-22(28(45)40-24)37-19(3)42)29(46)38-21(11-8-16-36-32(33)34)27(44)31-41-20-9-4-5-12-25(20)48-31/h4-5,9,12,18,21-24H,6-8,10-11,13-17H2,1-3H3,(H,35,43)(H,37,42)(H,38,46)(H,39,47)(H,40,45)(H4,33,34,36)/t21-,22-,23-,24-/m0/s1. The number of carbonyl (C=O) groups is 6. The topological polar surface area (TPSA) is 237 Å². The molecule has 0 spiro atoms. The zero-order valence-corrected chi connectivity index (χ0v) is 28.5. The van der Waals surface area contributed by atoms with Crippen molar-refractivity contribution in [3.63, 3.8) is 0 Å². The number of ketones is 1. The molecule has 1 aromatic carbocycles. The van der Waals surface area contributed by atoms with Crippen LogP contribution in [0.5, 0.6) is 0 Å². The van der Waals surface area contributed by atoms with E-state index in [1.807, 2.05) is 32.0 Å². The molecule has 48 heavy (non-hydrogen) atoms. The first-order valence-electron chi connectivity index (χ1n) is 16.3. The molecule has 3 rings (SSSR count). The van der Waals surface area contributed by atoms with Crippen molar-refractivity contribution < 1.29 is 28.8 Å². The van der Waals surface area contributed by atoms with Gasteiger partial charge in [0.2, 0.25) is 35.3 Å². The second kappa shape index (κ2) is 18.7. The Labute approximate surface area is 283 Å². The quantitative estimate of drug-likeness (QED) is 0.0723. The smallest absolute Gasteiger partial charge is 0.243 e. The predicted molar refractivity (Wildman–Crippen MR) is 182 cm³/mol. The summed E-state index contributed by atoms with van der Waals surface area (Å²) < 4.78 is 0.809. The van der Waals surface area contributed by atoms with Gasteiger partial charge in [-0.1, -0.05) is 26.0 Å². The molecule has 0 radical (unpaired) electrons. The molecule has 1 aliphatic rings. The van der Waals surface area contributed by atoms with Gasteiger partial charge in [-0.05, 0) is 63.0 Å². The zero-order valence-electron chi connectivity index (χ0n) is 27.6. The number of Topliss-reactive ketones (excluding diaryl/α,β-unsaturated/α-hetero) is 1. The second-order valence-electron chi connectivity index (χ2n) is 12.3. The minimum atomic E-state index is -1.22. The number of nitrogens with two attached hydrogens (primary N) is 1. The third-order valence-electron chi connectivity index (χ3n) is 7.69. The summed E-state index contributed by atoms with van der Waals surface area (Å²) in [5.74, 6) is -3.19. The number of hydrogen-bond donors (Lipinski definition) is 8. The number of thiazole rings is 1. The SMILES string of the molecule is CC(=O)N[C@H]1CCCCNC(=O)CC[C@@H](C(=O)N[C@@H](CCCNC(=N)N)C(=O)c2nc3ccccc3s2)NC(=O)[C@H](CC(C)C)NC1=O. The summed E-state index contributed by atoms with van der Waals surface area (Å²) in [5.41, 5.74) is 6.04. The lowest BCUT2D eigenvalue weighted by Gasteiger charge is -2.27. The van der Waals surface area contributed by atoms with Gasteiger partial charge in [0.1, 0.15) is 18.1 Å². The van der Waals surface area contributed by atoms with Crippen molar-refractivity contribution in [2.24, 2.45) is 11.7 Å². The Morgan fingerprint density at radius 2 is 1.83 bits per heavy atom. The van der Waals surface area contributed by atoms with E-state index in [2.05, 4.69) is 36.9 Å². The van der Waals surface area contributed by atoms with Crippen LogP contribution >= 0.6 is 11.3 Å². The highest BCUT2D eigenvalue weighted by atomic mass is 32.1. The number of hydrogen-bond acceptors (Lipinski definition) is 9. The van der Waals surface area contributed by atoms with Crippen molar-refractivity contribution in [2.75, 3.05) is 13.1 Å². The zero-order chi connectivity index (χ0) is 35.2. The van der Waals surface area contributed by atoms with Crippen molar-refractivity contribution in [1.82, 2.24) is 36.9 Å².